The molecule has 0 fully saturated rings. The van der Waals surface area contributed by atoms with Crippen molar-refractivity contribution in [3.63, 3.8) is 0 Å². The minimum atomic E-state index is -3.35. The fourth-order valence-corrected chi connectivity index (χ4v) is 43.7. The first-order valence-electron chi connectivity index (χ1n) is 49.5. The van der Waals surface area contributed by atoms with Crippen LogP contribution < -0.4 is 83.1 Å². The molecular weight excluding hydrogens is 1880 g/mol. The number of hydrogen-bond acceptors (Lipinski definition) is 6. The van der Waals surface area contributed by atoms with E-state index in [4.69, 9.17) is 0 Å². The molecule has 0 aliphatic carbocycles. The van der Waals surface area contributed by atoms with Gasteiger partial charge in [0.2, 0.25) is 21.9 Å². The number of aromatic nitrogens is 5. The number of fused-ring (bicyclic) bond motifs is 16. The number of benzene rings is 20. The van der Waals surface area contributed by atoms with E-state index < -0.39 is 38.0 Å². The molecular formula is C130H94N7O3P3Si3. The molecule has 2 unspecified atom stereocenters. The molecule has 0 amide bonds. The Labute approximate surface area is 850 Å². The van der Waals surface area contributed by atoms with Gasteiger partial charge in [-0.2, -0.15) is 0 Å². The molecule has 0 saturated heterocycles. The van der Waals surface area contributed by atoms with Gasteiger partial charge in [0.05, 0.1) is 49.4 Å². The molecule has 16 heteroatoms. The van der Waals surface area contributed by atoms with Crippen molar-refractivity contribution in [2.75, 3.05) is 9.80 Å². The highest BCUT2D eigenvalue weighted by atomic mass is 31.2. The Kier molecular flexibility index (Phi) is 22.5. The lowest BCUT2D eigenvalue weighted by atomic mass is 10.1. The second-order valence-electron chi connectivity index (χ2n) is 37.3. The zero-order valence-corrected chi connectivity index (χ0v) is 85.3. The van der Waals surface area contributed by atoms with Crippen LogP contribution >= 0.6 is 21.9 Å². The van der Waals surface area contributed by atoms with Gasteiger partial charge in [-0.25, -0.2) is 0 Å². The van der Waals surface area contributed by atoms with Gasteiger partial charge in [0.1, 0.15) is 0 Å². The maximum absolute atomic E-state index is 16.0. The maximum Gasteiger partial charge on any atom is 0.235 e. The summed E-state index contributed by atoms with van der Waals surface area (Å²) in [7, 11) is -15.5. The molecule has 0 saturated carbocycles. The first kappa shape index (κ1) is 89.2. The third kappa shape index (κ3) is 14.0. The normalized spacial score (nSPS) is 13.8. The molecule has 26 aromatic rings. The Bertz CT molecular complexity index is 8890. The van der Waals surface area contributed by atoms with Crippen molar-refractivity contribution in [1.82, 2.24) is 22.6 Å². The van der Waals surface area contributed by atoms with Crippen molar-refractivity contribution in [2.24, 2.45) is 0 Å². The number of rotatable bonds is 16. The van der Waals surface area contributed by atoms with Crippen LogP contribution in [-0.2, 0) is 13.7 Å². The lowest BCUT2D eigenvalue weighted by Gasteiger charge is -2.45. The van der Waals surface area contributed by atoms with E-state index in [1.165, 1.54) is 75.0 Å². The van der Waals surface area contributed by atoms with E-state index in [2.05, 4.69) is 438 Å². The maximum atomic E-state index is 16.0. The second-order valence-corrected chi connectivity index (χ2v) is 53.6. The van der Waals surface area contributed by atoms with Crippen molar-refractivity contribution in [3.8, 4) is 5.69 Å². The van der Waals surface area contributed by atoms with Crippen molar-refractivity contribution < 1.29 is 13.7 Å². The van der Waals surface area contributed by atoms with Gasteiger partial charge in [0.15, 0.2) is 16.1 Å². The van der Waals surface area contributed by atoms with Crippen molar-refractivity contribution >= 4 is 242 Å². The van der Waals surface area contributed by atoms with Gasteiger partial charge in [-0.3, -0.25) is 31.7 Å². The first-order chi connectivity index (χ1) is 72.2. The highest BCUT2D eigenvalue weighted by molar-refractivity contribution is 7.78. The molecule has 146 heavy (non-hydrogen) atoms. The largest absolute Gasteiger partial charge is 0.311 e. The van der Waals surface area contributed by atoms with Crippen LogP contribution in [0, 0.1) is 0 Å². The van der Waals surface area contributed by atoms with Crippen LogP contribution in [0.2, 0.25) is 0 Å². The highest BCUT2D eigenvalue weighted by Crippen LogP contribution is 2.56. The van der Waals surface area contributed by atoms with Crippen LogP contribution in [0.25, 0.3) is 92.9 Å². The summed E-state index contributed by atoms with van der Waals surface area (Å²) in [6.45, 7) is 0. The summed E-state index contributed by atoms with van der Waals surface area (Å²) in [6, 6.07) is 190. The molecule has 8 heterocycles. The van der Waals surface area contributed by atoms with E-state index in [0.29, 0.717) is 5.30 Å². The zero-order valence-electron chi connectivity index (χ0n) is 79.5. The van der Waals surface area contributed by atoms with Gasteiger partial charge in [-0.05, 0) is 211 Å². The van der Waals surface area contributed by atoms with Gasteiger partial charge in [0.25, 0.3) is 0 Å². The number of pyridine rings is 1. The minimum absolute atomic E-state index is 0.0577. The molecule has 2 aliphatic rings. The molecule has 6 aromatic heterocycles. The van der Waals surface area contributed by atoms with E-state index in [0.717, 1.165) is 120 Å². The summed E-state index contributed by atoms with van der Waals surface area (Å²) in [5.41, 5.74) is 20.4. The number of anilines is 6. The Morgan fingerprint density at radius 2 is 0.452 bits per heavy atom. The molecule has 2 aliphatic heterocycles. The van der Waals surface area contributed by atoms with Gasteiger partial charge in [-0.1, -0.05) is 381 Å². The number of para-hydroxylation sites is 9. The summed E-state index contributed by atoms with van der Waals surface area (Å²) in [5.74, 6) is 0. The molecule has 0 N–H and O–H groups in total. The van der Waals surface area contributed by atoms with E-state index in [1.807, 2.05) is 146 Å². The predicted octanol–water partition coefficient (Wildman–Crippen LogP) is 24.6. The van der Waals surface area contributed by atoms with E-state index in [-0.39, 0.29) is 9.12 Å². The van der Waals surface area contributed by atoms with Crippen molar-refractivity contribution in [2.45, 2.75) is 0 Å². The zero-order chi connectivity index (χ0) is 97.5. The van der Waals surface area contributed by atoms with Crippen molar-refractivity contribution in [3.05, 3.63) is 564 Å². The standard InChI is InChI=1S/C48H35N2OPSi.C47H35N2OPSi2.C35H24N3OP/c51-52(37-19-5-1-6-20-37,38-21-7-2-8-22-38)50-43-28-14-13-27-41(43)42-35-36(33-34-44(42)50)49-45-29-15-17-31-47(45)53(39-23-9-3-10-24-39,40-25-11-4-12-26-40)48-32-18-16-30-46(48)49;50-51(36-17-4-1-5-18-36,37-19-16-32-52-34-37)49-42-25-11-10-24-40(42)41-33-35(30-31-43(41)49)48-44-26-12-14-28-46(44)53(38-20-6-2-7-21-38,39-22-8-3-9-23-39)47-29-15-13-27-45(47)48;39-40(26-11-2-1-3-12-26,27-13-10-22-36-24-27)38-34-19-9-6-16-30(34)31-23-25(20-21-35(31)38)37-32-17-7-4-14-28(32)29-15-5-8-18-33(29)37/h1-35H;1-34,52H;1-24H. The van der Waals surface area contributed by atoms with E-state index in [1.54, 1.807) is 12.4 Å². The van der Waals surface area contributed by atoms with Crippen LogP contribution in [-0.4, -0.2) is 47.8 Å². The molecule has 28 rings (SSSR count). The quantitative estimate of drug-likeness (QED) is 0.0707. The lowest BCUT2D eigenvalue weighted by molar-refractivity contribution is 0.582. The van der Waals surface area contributed by atoms with Gasteiger partial charge in [-0.15, -0.1) is 0 Å². The van der Waals surface area contributed by atoms with Crippen LogP contribution in [0.15, 0.2) is 564 Å². The molecule has 20 aromatic carbocycles. The average molecular weight is 1980 g/mol. The second kappa shape index (κ2) is 36.8. The van der Waals surface area contributed by atoms with Crippen LogP contribution in [0.1, 0.15) is 0 Å². The smallest absolute Gasteiger partial charge is 0.235 e. The average Bonchev–Trinajstić information content (AvgIpc) is 0.845. The van der Waals surface area contributed by atoms with E-state index in [9.17, 15) is 0 Å². The Balaban J connectivity index is 0.000000113. The minimum Gasteiger partial charge on any atom is -0.311 e. The van der Waals surface area contributed by atoms with Gasteiger partial charge in [0, 0.05) is 131 Å². The molecule has 0 radical (unpaired) electrons. The third-order valence-corrected chi connectivity index (χ3v) is 49.6. The summed E-state index contributed by atoms with van der Waals surface area (Å²) >= 11 is 0. The molecule has 10 nitrogen and oxygen atoms in total. The fraction of sp³-hybridized carbons (Fsp3) is 0. The molecule has 0 bridgehead atoms. The SMILES string of the molecule is O=P(c1ccccc1)(c1ccc[siH]c1)n1c2ccccc2c2cc(N3c4ccccc4[Si](c4ccccc4)(c4ccccc4)c4ccccc43)ccc21.O=P(c1ccccc1)(c1ccccc1)n1c2ccccc2c2cc(N3c4ccccc4[Si](c4ccccc4)(c4ccccc4)c4ccccc43)ccc21.O=P(c1ccccc1)(c1cccnc1)n1c2ccccc2c2cc(-n3c4ccccc4c4ccccc43)ccc21. The molecule has 0 spiro atoms. The summed E-state index contributed by atoms with van der Waals surface area (Å²) < 4.78 is 56.0. The molecule has 694 valence electrons. The fourth-order valence-electron chi connectivity index (χ4n) is 23.6. The predicted molar refractivity (Wildman–Crippen MR) is 622 cm³/mol. The topological polar surface area (TPSA) is 90.3 Å². The number of hydrogen-bond donors (Lipinski definition) is 0. The van der Waals surface area contributed by atoms with Gasteiger partial charge < -0.3 is 14.4 Å². The Morgan fingerprint density at radius 1 is 0.205 bits per heavy atom. The summed E-state index contributed by atoms with van der Waals surface area (Å²) in [5, 5.41) is 24.6. The highest BCUT2D eigenvalue weighted by Gasteiger charge is 2.51. The van der Waals surface area contributed by atoms with Crippen LogP contribution in [0.4, 0.5) is 34.1 Å². The monoisotopic (exact) mass is 1980 g/mol. The Hall–Kier alpha value is -17.0. The summed E-state index contributed by atoms with van der Waals surface area (Å²) in [6.07, 6.45) is 3.46. The van der Waals surface area contributed by atoms with Gasteiger partial charge >= 0.3 is 0 Å². The third-order valence-electron chi connectivity index (χ3n) is 29.6. The first-order valence-corrected chi connectivity index (χ1v) is 59.8. The number of nitrogens with zero attached hydrogens (tertiary/aromatic N) is 7. The Morgan fingerprint density at radius 3 is 0.767 bits per heavy atom. The van der Waals surface area contributed by atoms with Crippen LogP contribution in [0.5, 0.6) is 0 Å². The van der Waals surface area contributed by atoms with Crippen molar-refractivity contribution in [1.29, 1.82) is 0 Å². The van der Waals surface area contributed by atoms with Crippen LogP contribution in [0.3, 0.4) is 0 Å². The molecule has 2 atom stereocenters. The summed E-state index contributed by atoms with van der Waals surface area (Å²) in [4.78, 5) is 9.26. The lowest BCUT2D eigenvalue weighted by Crippen LogP contribution is -2.77. The van der Waals surface area contributed by atoms with E-state index >= 15 is 13.7 Å².